The largest absolute Gasteiger partial charge is 0.511 e. The Morgan fingerprint density at radius 1 is 1.70 bits per heavy atom. The van der Waals surface area contributed by atoms with Crippen molar-refractivity contribution in [2.45, 2.75) is 0 Å². The van der Waals surface area contributed by atoms with E-state index in [2.05, 4.69) is 5.73 Å². The molecule has 1 N–H and O–H groups in total. The Balaban J connectivity index is 2.87. The van der Waals surface area contributed by atoms with Crippen LogP contribution in [-0.4, -0.2) is 10.0 Å². The van der Waals surface area contributed by atoms with Crippen molar-refractivity contribution in [3.05, 3.63) is 45.9 Å². The Bertz CT molecular complexity index is 258. The van der Waals surface area contributed by atoms with Gasteiger partial charge < -0.3 is 5.11 Å². The van der Waals surface area contributed by atoms with Gasteiger partial charge in [-0.15, -0.1) is 0 Å². The molecule has 0 saturated heterocycles. The fourth-order valence-electron chi connectivity index (χ4n) is 0.548. The maximum Gasteiger partial charge on any atom is 0.300 e. The standard InChI is InChI=1S/C6H4NO3/c8-6-3-1-2-5(4-6)7(9)10/h1,3-4,8H. The molecule has 0 spiro atoms. The first-order chi connectivity index (χ1) is 4.70. The van der Waals surface area contributed by atoms with E-state index >= 15 is 0 Å². The van der Waals surface area contributed by atoms with Crippen LogP contribution in [0.25, 0.3) is 0 Å². The van der Waals surface area contributed by atoms with Crippen LogP contribution >= 0.6 is 0 Å². The third-order valence-corrected chi connectivity index (χ3v) is 0.967. The molecular weight excluding hydrogens is 134 g/mol. The van der Waals surface area contributed by atoms with E-state index in [-0.39, 0.29) is 11.5 Å². The SMILES string of the molecule is O=[N+]([O-])C1=C=CC=C(O)[CH]1. The normalized spacial score (nSPS) is 16.0. The molecule has 0 saturated carbocycles. The summed E-state index contributed by atoms with van der Waals surface area (Å²) in [6.45, 7) is 0. The summed E-state index contributed by atoms with van der Waals surface area (Å²) < 4.78 is 0. The Labute approximate surface area is 56.9 Å². The summed E-state index contributed by atoms with van der Waals surface area (Å²) in [5.74, 6) is -0.120. The predicted octanol–water partition coefficient (Wildman–Crippen LogP) is 0.962. The van der Waals surface area contributed by atoms with Crippen LogP contribution in [-0.2, 0) is 0 Å². The topological polar surface area (TPSA) is 63.4 Å². The highest BCUT2D eigenvalue weighted by atomic mass is 16.6. The second kappa shape index (κ2) is 2.37. The molecule has 0 aromatic rings. The van der Waals surface area contributed by atoms with E-state index in [4.69, 9.17) is 5.11 Å². The van der Waals surface area contributed by atoms with Crippen molar-refractivity contribution >= 4 is 0 Å². The molecule has 1 radical (unpaired) electrons. The van der Waals surface area contributed by atoms with Crippen LogP contribution in [0.2, 0.25) is 0 Å². The second-order valence-electron chi connectivity index (χ2n) is 1.69. The molecule has 0 bridgehead atoms. The van der Waals surface area contributed by atoms with E-state index in [0.717, 1.165) is 6.42 Å². The highest BCUT2D eigenvalue weighted by Crippen LogP contribution is 2.09. The van der Waals surface area contributed by atoms with Crippen LogP contribution in [0.1, 0.15) is 0 Å². The van der Waals surface area contributed by atoms with Gasteiger partial charge in [0.25, 0.3) is 5.70 Å². The molecule has 0 fully saturated rings. The lowest BCUT2D eigenvalue weighted by Gasteiger charge is -1.96. The number of aliphatic hydroxyl groups excluding tert-OH is 1. The van der Waals surface area contributed by atoms with Gasteiger partial charge in [-0.3, -0.25) is 10.1 Å². The number of hydrogen-bond acceptors (Lipinski definition) is 3. The fraction of sp³-hybridized carbons (Fsp3) is 0. The molecular formula is C6H4NO3. The van der Waals surface area contributed by atoms with Crippen molar-refractivity contribution in [1.29, 1.82) is 0 Å². The minimum atomic E-state index is -0.611. The van der Waals surface area contributed by atoms with Gasteiger partial charge in [0, 0.05) is 0 Å². The van der Waals surface area contributed by atoms with Gasteiger partial charge in [-0.2, -0.15) is 0 Å². The van der Waals surface area contributed by atoms with Gasteiger partial charge in [0.15, 0.2) is 0 Å². The molecule has 1 aliphatic carbocycles. The van der Waals surface area contributed by atoms with Crippen LogP contribution in [0.15, 0.2) is 29.3 Å². The van der Waals surface area contributed by atoms with E-state index < -0.39 is 4.92 Å². The summed E-state index contributed by atoms with van der Waals surface area (Å²) in [5, 5.41) is 18.8. The zero-order chi connectivity index (χ0) is 7.56. The van der Waals surface area contributed by atoms with Gasteiger partial charge in [-0.05, 0) is 17.9 Å². The summed E-state index contributed by atoms with van der Waals surface area (Å²) in [6, 6.07) is 0. The summed E-state index contributed by atoms with van der Waals surface area (Å²) in [5.41, 5.74) is 2.13. The zero-order valence-corrected chi connectivity index (χ0v) is 4.94. The van der Waals surface area contributed by atoms with Gasteiger partial charge in [0.05, 0.1) is 4.92 Å². The van der Waals surface area contributed by atoms with Gasteiger partial charge in [0.2, 0.25) is 0 Å². The van der Waals surface area contributed by atoms with Gasteiger partial charge in [-0.25, -0.2) is 0 Å². The third kappa shape index (κ3) is 1.24. The Morgan fingerprint density at radius 3 is 2.80 bits per heavy atom. The van der Waals surface area contributed by atoms with Crippen LogP contribution < -0.4 is 0 Å². The number of aliphatic hydroxyl groups is 1. The summed E-state index contributed by atoms with van der Waals surface area (Å²) >= 11 is 0. The molecule has 0 aliphatic heterocycles. The van der Waals surface area contributed by atoms with E-state index in [1.54, 1.807) is 0 Å². The van der Waals surface area contributed by atoms with E-state index in [1.165, 1.54) is 12.2 Å². The lowest BCUT2D eigenvalue weighted by atomic mass is 10.2. The first kappa shape index (κ1) is 6.58. The van der Waals surface area contributed by atoms with E-state index in [1.807, 2.05) is 0 Å². The van der Waals surface area contributed by atoms with Gasteiger partial charge >= 0.3 is 0 Å². The zero-order valence-electron chi connectivity index (χ0n) is 4.94. The number of rotatable bonds is 1. The van der Waals surface area contributed by atoms with E-state index in [0.29, 0.717) is 0 Å². The molecule has 0 amide bonds. The molecule has 0 heterocycles. The highest BCUT2D eigenvalue weighted by molar-refractivity contribution is 5.28. The number of nitrogens with zero attached hydrogens (tertiary/aromatic N) is 1. The first-order valence-electron chi connectivity index (χ1n) is 2.55. The molecule has 4 heteroatoms. The predicted molar refractivity (Wildman–Crippen MR) is 33.6 cm³/mol. The molecule has 51 valence electrons. The van der Waals surface area contributed by atoms with Crippen molar-refractivity contribution in [3.63, 3.8) is 0 Å². The fourth-order valence-corrected chi connectivity index (χ4v) is 0.548. The molecule has 0 aromatic heterocycles. The van der Waals surface area contributed by atoms with Crippen molar-refractivity contribution < 1.29 is 10.0 Å². The number of allylic oxidation sites excluding steroid dienone is 1. The number of nitro groups is 1. The lowest BCUT2D eigenvalue weighted by molar-refractivity contribution is -0.421. The average Bonchev–Trinajstić information content (AvgIpc) is 1.88. The molecule has 1 aliphatic rings. The quantitative estimate of drug-likeness (QED) is 0.333. The average molecular weight is 138 g/mol. The second-order valence-corrected chi connectivity index (χ2v) is 1.69. The maximum atomic E-state index is 10.0. The van der Waals surface area contributed by atoms with Crippen LogP contribution in [0, 0.1) is 16.5 Å². The molecule has 0 aromatic carbocycles. The molecule has 0 atom stereocenters. The maximum absolute atomic E-state index is 10.0. The smallest absolute Gasteiger partial charge is 0.300 e. The first-order valence-corrected chi connectivity index (χ1v) is 2.55. The van der Waals surface area contributed by atoms with Crippen molar-refractivity contribution in [1.82, 2.24) is 0 Å². The highest BCUT2D eigenvalue weighted by Gasteiger charge is 2.14. The van der Waals surface area contributed by atoms with Crippen molar-refractivity contribution in [2.75, 3.05) is 0 Å². The minimum Gasteiger partial charge on any atom is -0.511 e. The lowest BCUT2D eigenvalue weighted by Crippen LogP contribution is -2.01. The van der Waals surface area contributed by atoms with Gasteiger partial charge in [-0.1, -0.05) is 0 Å². The van der Waals surface area contributed by atoms with Crippen molar-refractivity contribution in [2.24, 2.45) is 0 Å². The van der Waals surface area contributed by atoms with Crippen LogP contribution in [0.5, 0.6) is 0 Å². The van der Waals surface area contributed by atoms with Crippen molar-refractivity contribution in [3.8, 4) is 0 Å². The summed E-state index contributed by atoms with van der Waals surface area (Å²) in [6.07, 6.45) is 3.67. The minimum absolute atomic E-state index is 0.120. The summed E-state index contributed by atoms with van der Waals surface area (Å²) in [4.78, 5) is 9.40. The monoisotopic (exact) mass is 138 g/mol. The molecule has 4 nitrogen and oxygen atoms in total. The Hall–Kier alpha value is -1.54. The summed E-state index contributed by atoms with van der Waals surface area (Å²) in [7, 11) is 0. The molecule has 10 heavy (non-hydrogen) atoms. The van der Waals surface area contributed by atoms with Gasteiger partial charge in [0.1, 0.15) is 12.2 Å². The molecule has 0 unspecified atom stereocenters. The van der Waals surface area contributed by atoms with E-state index in [9.17, 15) is 10.1 Å². The third-order valence-electron chi connectivity index (χ3n) is 0.967. The Morgan fingerprint density at radius 2 is 2.40 bits per heavy atom. The van der Waals surface area contributed by atoms with Crippen LogP contribution in [0.3, 0.4) is 0 Å². The van der Waals surface area contributed by atoms with Crippen LogP contribution in [0.4, 0.5) is 0 Å². The number of hydrogen-bond donors (Lipinski definition) is 1. The molecule has 1 rings (SSSR count). The Kier molecular flexibility index (Phi) is 1.56.